The molecule has 0 unspecified atom stereocenters. The summed E-state index contributed by atoms with van der Waals surface area (Å²) in [7, 11) is 0. The van der Waals surface area contributed by atoms with Crippen LogP contribution >= 0.6 is 0 Å². The normalized spacial score (nSPS) is 15.7. The Kier molecular flexibility index (Phi) is 6.04. The highest BCUT2D eigenvalue weighted by atomic mass is 16.7. The van der Waals surface area contributed by atoms with E-state index in [9.17, 15) is 9.59 Å². The summed E-state index contributed by atoms with van der Waals surface area (Å²) in [6, 6.07) is 12.9. The van der Waals surface area contributed by atoms with Gasteiger partial charge in [-0.25, -0.2) is 0 Å². The van der Waals surface area contributed by atoms with Gasteiger partial charge in [0.15, 0.2) is 11.5 Å². The minimum absolute atomic E-state index is 0.262. The van der Waals surface area contributed by atoms with E-state index in [2.05, 4.69) is 10.2 Å². The van der Waals surface area contributed by atoms with Crippen LogP contribution in [0.1, 0.15) is 12.5 Å². The first-order chi connectivity index (χ1) is 14.6. The molecule has 0 saturated carbocycles. The number of fused-ring (bicyclic) bond motifs is 1. The molecule has 0 bridgehead atoms. The Balaban J connectivity index is 1.26. The van der Waals surface area contributed by atoms with E-state index in [0.717, 1.165) is 29.4 Å². The van der Waals surface area contributed by atoms with Crippen LogP contribution in [-0.2, 0) is 16.1 Å². The largest absolute Gasteiger partial charge is 0.494 e. The number of benzene rings is 2. The SMILES string of the molecule is CCOc1ccc(NC(=O)C(=O)N2CCN(Cc3ccc4c(c3)OCO4)CC2)cc1. The lowest BCUT2D eigenvalue weighted by atomic mass is 10.1. The molecule has 8 heteroatoms. The topological polar surface area (TPSA) is 80.3 Å². The van der Waals surface area contributed by atoms with Gasteiger partial charge in [-0.1, -0.05) is 6.07 Å². The van der Waals surface area contributed by atoms with Crippen molar-refractivity contribution in [2.24, 2.45) is 0 Å². The van der Waals surface area contributed by atoms with Crippen LogP contribution in [0.4, 0.5) is 5.69 Å². The van der Waals surface area contributed by atoms with Crippen LogP contribution in [-0.4, -0.2) is 61.2 Å². The van der Waals surface area contributed by atoms with Gasteiger partial charge in [0.25, 0.3) is 0 Å². The quantitative estimate of drug-likeness (QED) is 0.759. The smallest absolute Gasteiger partial charge is 0.313 e. The third-order valence-corrected chi connectivity index (χ3v) is 5.12. The third kappa shape index (κ3) is 4.65. The first-order valence-electron chi connectivity index (χ1n) is 10.1. The number of piperazine rings is 1. The van der Waals surface area contributed by atoms with E-state index in [0.29, 0.717) is 38.5 Å². The van der Waals surface area contributed by atoms with Crippen LogP contribution in [0.25, 0.3) is 0 Å². The van der Waals surface area contributed by atoms with Gasteiger partial charge in [-0.2, -0.15) is 0 Å². The molecule has 2 heterocycles. The van der Waals surface area contributed by atoms with Crippen LogP contribution in [0.2, 0.25) is 0 Å². The van der Waals surface area contributed by atoms with Crippen LogP contribution in [0.5, 0.6) is 17.2 Å². The van der Waals surface area contributed by atoms with E-state index in [1.165, 1.54) is 0 Å². The minimum atomic E-state index is -0.622. The fourth-order valence-corrected chi connectivity index (χ4v) is 3.54. The summed E-state index contributed by atoms with van der Waals surface area (Å²) < 4.78 is 16.1. The highest BCUT2D eigenvalue weighted by Gasteiger charge is 2.26. The standard InChI is InChI=1S/C22H25N3O5/c1-2-28-18-6-4-17(5-7-18)23-21(26)22(27)25-11-9-24(10-12-25)14-16-3-8-19-20(13-16)30-15-29-19/h3-8,13H,2,9-12,14-15H2,1H3,(H,23,26). The van der Waals surface area contributed by atoms with Crippen LogP contribution < -0.4 is 19.5 Å². The van der Waals surface area contributed by atoms with Crippen molar-refractivity contribution in [1.82, 2.24) is 9.80 Å². The van der Waals surface area contributed by atoms with Crippen molar-refractivity contribution in [2.75, 3.05) is 44.9 Å². The van der Waals surface area contributed by atoms with Crippen LogP contribution in [0, 0.1) is 0 Å². The molecule has 2 aliphatic heterocycles. The summed E-state index contributed by atoms with van der Waals surface area (Å²) in [6.45, 7) is 5.94. The van der Waals surface area contributed by atoms with Gasteiger partial charge in [0.05, 0.1) is 6.61 Å². The summed E-state index contributed by atoms with van der Waals surface area (Å²) in [5.41, 5.74) is 1.70. The minimum Gasteiger partial charge on any atom is -0.494 e. The van der Waals surface area contributed by atoms with Crippen molar-refractivity contribution in [3.63, 3.8) is 0 Å². The lowest BCUT2D eigenvalue weighted by molar-refractivity contribution is -0.144. The molecule has 1 N–H and O–H groups in total. The van der Waals surface area contributed by atoms with Gasteiger partial charge >= 0.3 is 11.8 Å². The fraction of sp³-hybridized carbons (Fsp3) is 0.364. The second-order valence-electron chi connectivity index (χ2n) is 7.17. The summed E-state index contributed by atoms with van der Waals surface area (Å²) in [4.78, 5) is 28.7. The maximum atomic E-state index is 12.5. The number of nitrogens with zero attached hydrogens (tertiary/aromatic N) is 2. The van der Waals surface area contributed by atoms with Gasteiger partial charge in [-0.05, 0) is 48.9 Å². The summed E-state index contributed by atoms with van der Waals surface area (Å²) in [5.74, 6) is 1.13. The number of ether oxygens (including phenoxy) is 3. The molecule has 2 aromatic carbocycles. The van der Waals surface area contributed by atoms with E-state index < -0.39 is 11.8 Å². The van der Waals surface area contributed by atoms with Crippen LogP contribution in [0.3, 0.4) is 0 Å². The number of carbonyl (C=O) groups is 2. The number of amides is 2. The Morgan fingerprint density at radius 2 is 1.73 bits per heavy atom. The Morgan fingerprint density at radius 1 is 1.00 bits per heavy atom. The van der Waals surface area contributed by atoms with Gasteiger partial charge in [0.2, 0.25) is 6.79 Å². The molecule has 158 valence electrons. The van der Waals surface area contributed by atoms with Crippen molar-refractivity contribution in [3.05, 3.63) is 48.0 Å². The molecule has 0 radical (unpaired) electrons. The number of carbonyl (C=O) groups excluding carboxylic acids is 2. The molecule has 2 amide bonds. The molecule has 0 spiro atoms. The van der Waals surface area contributed by atoms with Crippen molar-refractivity contribution in [3.8, 4) is 17.2 Å². The highest BCUT2D eigenvalue weighted by molar-refractivity contribution is 6.39. The van der Waals surface area contributed by atoms with Crippen molar-refractivity contribution < 1.29 is 23.8 Å². The maximum absolute atomic E-state index is 12.5. The Morgan fingerprint density at radius 3 is 2.47 bits per heavy atom. The predicted octanol–water partition coefficient (Wildman–Crippen LogP) is 2.10. The molecular weight excluding hydrogens is 386 g/mol. The van der Waals surface area contributed by atoms with Gasteiger partial charge < -0.3 is 24.4 Å². The predicted molar refractivity (Wildman–Crippen MR) is 111 cm³/mol. The monoisotopic (exact) mass is 411 g/mol. The Hall–Kier alpha value is -3.26. The average molecular weight is 411 g/mol. The average Bonchev–Trinajstić information content (AvgIpc) is 3.23. The molecule has 1 saturated heterocycles. The molecule has 2 aliphatic rings. The molecule has 1 fully saturated rings. The number of nitrogens with one attached hydrogen (secondary N) is 1. The lowest BCUT2D eigenvalue weighted by Gasteiger charge is -2.34. The zero-order chi connectivity index (χ0) is 20.9. The van der Waals surface area contributed by atoms with Gasteiger partial charge in [-0.3, -0.25) is 14.5 Å². The lowest BCUT2D eigenvalue weighted by Crippen LogP contribution is -2.51. The van der Waals surface area contributed by atoms with Gasteiger partial charge in [-0.15, -0.1) is 0 Å². The van der Waals surface area contributed by atoms with Gasteiger partial charge in [0, 0.05) is 38.4 Å². The molecule has 0 aliphatic carbocycles. The van der Waals surface area contributed by atoms with Crippen molar-refractivity contribution in [2.45, 2.75) is 13.5 Å². The molecule has 2 aromatic rings. The highest BCUT2D eigenvalue weighted by Crippen LogP contribution is 2.32. The van der Waals surface area contributed by atoms with E-state index in [1.807, 2.05) is 25.1 Å². The Labute approximate surface area is 175 Å². The second-order valence-corrected chi connectivity index (χ2v) is 7.17. The zero-order valence-corrected chi connectivity index (χ0v) is 16.9. The second kappa shape index (κ2) is 9.04. The molecule has 0 atom stereocenters. The summed E-state index contributed by atoms with van der Waals surface area (Å²) >= 11 is 0. The first-order valence-corrected chi connectivity index (χ1v) is 10.1. The van der Waals surface area contributed by atoms with E-state index in [4.69, 9.17) is 14.2 Å². The third-order valence-electron chi connectivity index (χ3n) is 5.12. The zero-order valence-electron chi connectivity index (χ0n) is 16.9. The van der Waals surface area contributed by atoms with E-state index in [-0.39, 0.29) is 6.79 Å². The number of hydrogen-bond donors (Lipinski definition) is 1. The first kappa shape index (κ1) is 20.0. The maximum Gasteiger partial charge on any atom is 0.313 e. The summed E-state index contributed by atoms with van der Waals surface area (Å²) in [6.07, 6.45) is 0. The molecule has 4 rings (SSSR count). The number of anilines is 1. The molecule has 30 heavy (non-hydrogen) atoms. The number of hydrogen-bond acceptors (Lipinski definition) is 6. The number of rotatable bonds is 5. The van der Waals surface area contributed by atoms with Crippen LogP contribution in [0.15, 0.2) is 42.5 Å². The summed E-state index contributed by atoms with van der Waals surface area (Å²) in [5, 5.41) is 2.66. The van der Waals surface area contributed by atoms with Gasteiger partial charge in [0.1, 0.15) is 5.75 Å². The molecule has 8 nitrogen and oxygen atoms in total. The van der Waals surface area contributed by atoms with E-state index in [1.54, 1.807) is 29.2 Å². The Bertz CT molecular complexity index is 907. The van der Waals surface area contributed by atoms with E-state index >= 15 is 0 Å². The fourth-order valence-electron chi connectivity index (χ4n) is 3.54. The van der Waals surface area contributed by atoms with Crippen molar-refractivity contribution in [1.29, 1.82) is 0 Å². The molecule has 0 aromatic heterocycles. The molecular formula is C22H25N3O5. The van der Waals surface area contributed by atoms with Crippen molar-refractivity contribution >= 4 is 17.5 Å².